The van der Waals surface area contributed by atoms with E-state index in [4.69, 9.17) is 9.47 Å². The number of anilines is 2. The van der Waals surface area contributed by atoms with Gasteiger partial charge in [-0.1, -0.05) is 45.4 Å². The number of hydrogen-bond acceptors (Lipinski definition) is 6. The Bertz CT molecular complexity index is 1680. The largest absolute Gasteiger partial charge is 0.491 e. The van der Waals surface area contributed by atoms with Gasteiger partial charge in [0.1, 0.15) is 18.2 Å². The lowest BCUT2D eigenvalue weighted by molar-refractivity contribution is -0.112. The van der Waals surface area contributed by atoms with Crippen molar-refractivity contribution in [1.29, 1.82) is 0 Å². The van der Waals surface area contributed by atoms with Crippen LogP contribution in [0, 0.1) is 5.92 Å². The molecular formula is C40H48N4O3S. The van der Waals surface area contributed by atoms with Crippen molar-refractivity contribution >= 4 is 35.1 Å². The molecule has 48 heavy (non-hydrogen) atoms. The zero-order valence-electron chi connectivity index (χ0n) is 28.5. The minimum atomic E-state index is -0.0511. The average molecular weight is 665 g/mol. The fraction of sp³-hybridized carbons (Fsp3) is 0.400. The van der Waals surface area contributed by atoms with Crippen LogP contribution in [-0.4, -0.2) is 48.4 Å². The summed E-state index contributed by atoms with van der Waals surface area (Å²) < 4.78 is 13.8. The second-order valence-electron chi connectivity index (χ2n) is 13.1. The van der Waals surface area contributed by atoms with Gasteiger partial charge in [0.25, 0.3) is 5.91 Å². The van der Waals surface area contributed by atoms with E-state index in [1.54, 1.807) is 11.8 Å². The molecule has 1 fully saturated rings. The second kappa shape index (κ2) is 16.4. The molecule has 2 aliphatic rings. The van der Waals surface area contributed by atoms with Crippen LogP contribution in [0.3, 0.4) is 0 Å². The molecule has 8 heteroatoms. The van der Waals surface area contributed by atoms with Crippen LogP contribution in [0.1, 0.15) is 70.3 Å². The predicted molar refractivity (Wildman–Crippen MR) is 198 cm³/mol. The summed E-state index contributed by atoms with van der Waals surface area (Å²) in [5.41, 5.74) is 6.04. The van der Waals surface area contributed by atoms with Gasteiger partial charge in [0, 0.05) is 60.0 Å². The van der Waals surface area contributed by atoms with E-state index in [0.29, 0.717) is 31.6 Å². The molecule has 0 atom stereocenters. The van der Waals surface area contributed by atoms with Gasteiger partial charge in [-0.05, 0) is 103 Å². The third-order valence-corrected chi connectivity index (χ3v) is 9.73. The van der Waals surface area contributed by atoms with Crippen molar-refractivity contribution in [2.45, 2.75) is 69.6 Å². The summed E-state index contributed by atoms with van der Waals surface area (Å²) in [5, 5.41) is 3.16. The number of nitrogens with zero attached hydrogens (tertiary/aromatic N) is 3. The predicted octanol–water partition coefficient (Wildman–Crippen LogP) is 9.26. The highest BCUT2D eigenvalue weighted by Crippen LogP contribution is 2.37. The zero-order valence-corrected chi connectivity index (χ0v) is 29.3. The first-order valence-electron chi connectivity index (χ1n) is 17.4. The maximum Gasteiger partial charge on any atom is 0.251 e. The smallest absolute Gasteiger partial charge is 0.251 e. The SMILES string of the molecule is CCCCOCCOc1ccc(-c2ccc3c(c2)C=C(C(=O)Nc2ccc(SCc4nccn4C4CC4)cc2)CCN3CC(C)C)cc1. The van der Waals surface area contributed by atoms with Crippen molar-refractivity contribution in [1.82, 2.24) is 9.55 Å². The highest BCUT2D eigenvalue weighted by Gasteiger charge is 2.25. The molecule has 0 spiro atoms. The fourth-order valence-electron chi connectivity index (χ4n) is 6.03. The first-order valence-corrected chi connectivity index (χ1v) is 18.4. The van der Waals surface area contributed by atoms with Gasteiger partial charge in [-0.3, -0.25) is 4.79 Å². The Kier molecular flexibility index (Phi) is 11.6. The summed E-state index contributed by atoms with van der Waals surface area (Å²) in [6.45, 7) is 10.3. The lowest BCUT2D eigenvalue weighted by Crippen LogP contribution is -2.29. The summed E-state index contributed by atoms with van der Waals surface area (Å²) in [4.78, 5) is 21.8. The third-order valence-electron chi connectivity index (χ3n) is 8.72. The molecule has 1 aliphatic carbocycles. The third kappa shape index (κ3) is 9.11. The van der Waals surface area contributed by atoms with Crippen LogP contribution in [0.2, 0.25) is 0 Å². The van der Waals surface area contributed by atoms with Crippen LogP contribution < -0.4 is 15.0 Å². The van der Waals surface area contributed by atoms with Crippen LogP contribution in [0.5, 0.6) is 5.75 Å². The minimum absolute atomic E-state index is 0.0511. The zero-order chi connectivity index (χ0) is 33.3. The number of nitrogens with one attached hydrogen (secondary N) is 1. The number of carbonyl (C=O) groups is 1. The molecular weight excluding hydrogens is 617 g/mol. The van der Waals surface area contributed by atoms with Gasteiger partial charge in [-0.15, -0.1) is 11.8 Å². The van der Waals surface area contributed by atoms with Gasteiger partial charge in [-0.2, -0.15) is 0 Å². The van der Waals surface area contributed by atoms with E-state index in [1.807, 2.05) is 30.5 Å². The van der Waals surface area contributed by atoms with Gasteiger partial charge < -0.3 is 24.3 Å². The summed E-state index contributed by atoms with van der Waals surface area (Å²) in [7, 11) is 0. The summed E-state index contributed by atoms with van der Waals surface area (Å²) in [6, 6.07) is 23.6. The topological polar surface area (TPSA) is 68.6 Å². The lowest BCUT2D eigenvalue weighted by Gasteiger charge is -2.27. The number of hydrogen-bond donors (Lipinski definition) is 1. The maximum atomic E-state index is 13.6. The van der Waals surface area contributed by atoms with Crippen molar-refractivity contribution < 1.29 is 14.3 Å². The molecule has 0 bridgehead atoms. The highest BCUT2D eigenvalue weighted by atomic mass is 32.2. The number of benzene rings is 3. The van der Waals surface area contributed by atoms with Crippen LogP contribution in [0.25, 0.3) is 17.2 Å². The van der Waals surface area contributed by atoms with Crippen molar-refractivity contribution in [3.05, 3.63) is 96.1 Å². The van der Waals surface area contributed by atoms with E-state index in [9.17, 15) is 4.79 Å². The monoisotopic (exact) mass is 664 g/mol. The molecule has 6 rings (SSSR count). The highest BCUT2D eigenvalue weighted by molar-refractivity contribution is 7.98. The lowest BCUT2D eigenvalue weighted by atomic mass is 10.00. The molecule has 0 unspecified atom stereocenters. The summed E-state index contributed by atoms with van der Waals surface area (Å²) in [5.74, 6) is 3.25. The number of amides is 1. The molecule has 4 aromatic rings. The Morgan fingerprint density at radius 2 is 1.79 bits per heavy atom. The molecule has 1 saturated carbocycles. The normalized spacial score (nSPS) is 14.4. The first kappa shape index (κ1) is 33.9. The molecule has 0 saturated heterocycles. The number of carbonyl (C=O) groups excluding carboxylic acids is 1. The van der Waals surface area contributed by atoms with Gasteiger partial charge in [0.2, 0.25) is 0 Å². The molecule has 1 aliphatic heterocycles. The standard InChI is InChI=1S/C40H48N4O3S/c1-4-5-22-46-23-24-47-36-13-6-30(7-14-36)31-8-17-38-33(25-31)26-32(18-20-43(38)27-29(2)3)40(45)42-34-9-15-37(16-10-34)48-28-39-41-19-21-44(39)35-11-12-35/h6-10,13-17,19,21,25-26,29,35H,4-5,11-12,18,20,22-24,27-28H2,1-3H3,(H,42,45). The van der Waals surface area contributed by atoms with Gasteiger partial charge >= 0.3 is 0 Å². The molecule has 1 N–H and O–H groups in total. The molecule has 7 nitrogen and oxygen atoms in total. The maximum absolute atomic E-state index is 13.6. The Labute approximate surface area is 289 Å². The number of fused-ring (bicyclic) bond motifs is 1. The van der Waals surface area contributed by atoms with Crippen molar-refractivity contribution in [2.24, 2.45) is 5.92 Å². The van der Waals surface area contributed by atoms with E-state index in [2.05, 4.69) is 95.3 Å². The molecule has 0 radical (unpaired) electrons. The van der Waals surface area contributed by atoms with E-state index in [-0.39, 0.29) is 5.91 Å². The average Bonchev–Trinajstić information content (AvgIpc) is 3.86. The Balaban J connectivity index is 1.12. The van der Waals surface area contributed by atoms with Gasteiger partial charge in [-0.25, -0.2) is 4.98 Å². The quantitative estimate of drug-likeness (QED) is 0.0952. The minimum Gasteiger partial charge on any atom is -0.491 e. The molecule has 1 amide bonds. The van der Waals surface area contributed by atoms with Crippen LogP contribution in [0.4, 0.5) is 11.4 Å². The number of aromatic nitrogens is 2. The van der Waals surface area contributed by atoms with Crippen molar-refractivity contribution in [2.75, 3.05) is 43.1 Å². The van der Waals surface area contributed by atoms with E-state index < -0.39 is 0 Å². The summed E-state index contributed by atoms with van der Waals surface area (Å²) in [6.07, 6.45) is 11.5. The Hall–Kier alpha value is -4.01. The first-order chi connectivity index (χ1) is 23.5. The number of rotatable bonds is 16. The Morgan fingerprint density at radius 1 is 1.00 bits per heavy atom. The van der Waals surface area contributed by atoms with Gasteiger partial charge in [0.15, 0.2) is 0 Å². The van der Waals surface area contributed by atoms with E-state index in [1.165, 1.54) is 18.5 Å². The molecule has 1 aromatic heterocycles. The number of unbranched alkanes of at least 4 members (excludes halogenated alkanes) is 1. The molecule has 3 aromatic carbocycles. The number of ether oxygens (including phenoxy) is 2. The van der Waals surface area contributed by atoms with Crippen molar-refractivity contribution in [3.63, 3.8) is 0 Å². The summed E-state index contributed by atoms with van der Waals surface area (Å²) >= 11 is 1.77. The Morgan fingerprint density at radius 3 is 2.54 bits per heavy atom. The van der Waals surface area contributed by atoms with E-state index >= 15 is 0 Å². The molecule has 2 heterocycles. The number of imidazole rings is 1. The van der Waals surface area contributed by atoms with Crippen LogP contribution in [-0.2, 0) is 15.3 Å². The second-order valence-corrected chi connectivity index (χ2v) is 14.2. The van der Waals surface area contributed by atoms with Crippen LogP contribution in [0.15, 0.2) is 89.6 Å². The fourth-order valence-corrected chi connectivity index (χ4v) is 6.88. The molecule has 252 valence electrons. The number of thioether (sulfide) groups is 1. The van der Waals surface area contributed by atoms with E-state index in [0.717, 1.165) is 82.7 Å². The van der Waals surface area contributed by atoms with Gasteiger partial charge in [0.05, 0.1) is 12.4 Å². The van der Waals surface area contributed by atoms with Crippen LogP contribution >= 0.6 is 11.8 Å². The van der Waals surface area contributed by atoms with Crippen molar-refractivity contribution in [3.8, 4) is 16.9 Å².